The number of nitrogens with zero attached hydrogens (tertiary/aromatic N) is 1. The first-order chi connectivity index (χ1) is 10.1. The van der Waals surface area contributed by atoms with Gasteiger partial charge in [-0.25, -0.2) is 4.79 Å². The smallest absolute Gasteiger partial charge is 0.325 e. The van der Waals surface area contributed by atoms with Crippen molar-refractivity contribution in [3.05, 3.63) is 29.3 Å². The topological polar surface area (TPSA) is 58.6 Å². The number of ether oxygens (including phenoxy) is 1. The quantitative estimate of drug-likeness (QED) is 0.869. The molecule has 2 aliphatic rings. The number of nitrogens with one attached hydrogen (secondary N) is 1. The van der Waals surface area contributed by atoms with Crippen LogP contribution in [0, 0.1) is 6.92 Å². The maximum Gasteiger partial charge on any atom is 0.325 e. The van der Waals surface area contributed by atoms with Crippen LogP contribution in [0.3, 0.4) is 0 Å². The lowest BCUT2D eigenvalue weighted by Gasteiger charge is -2.20. The van der Waals surface area contributed by atoms with Gasteiger partial charge in [0.2, 0.25) is 0 Å². The van der Waals surface area contributed by atoms with Crippen molar-refractivity contribution < 1.29 is 14.3 Å². The van der Waals surface area contributed by atoms with E-state index >= 15 is 0 Å². The summed E-state index contributed by atoms with van der Waals surface area (Å²) in [6, 6.07) is 5.48. The molecule has 5 nitrogen and oxygen atoms in total. The molecule has 0 unspecified atom stereocenters. The zero-order chi connectivity index (χ0) is 15.0. The number of hydrogen-bond acceptors (Lipinski definition) is 3. The molecular weight excluding hydrogens is 268 g/mol. The summed E-state index contributed by atoms with van der Waals surface area (Å²) in [5.74, 6) is 0.694. The van der Waals surface area contributed by atoms with Crippen molar-refractivity contribution in [1.82, 2.24) is 10.2 Å². The van der Waals surface area contributed by atoms with E-state index in [1.165, 1.54) is 4.90 Å². The Morgan fingerprint density at radius 2 is 2.00 bits per heavy atom. The number of imide groups is 1. The van der Waals surface area contributed by atoms with Crippen LogP contribution < -0.4 is 10.1 Å². The Kier molecular flexibility index (Phi) is 3.35. The predicted octanol–water partition coefficient (Wildman–Crippen LogP) is 2.37. The van der Waals surface area contributed by atoms with Crippen LogP contribution in [0.5, 0.6) is 5.75 Å². The first-order valence-corrected chi connectivity index (χ1v) is 7.33. The molecule has 1 heterocycles. The average molecular weight is 288 g/mol. The molecule has 3 amide bonds. The van der Waals surface area contributed by atoms with Crippen LogP contribution in [-0.2, 0) is 11.3 Å². The van der Waals surface area contributed by atoms with E-state index in [1.54, 1.807) is 7.11 Å². The van der Waals surface area contributed by atoms with E-state index in [2.05, 4.69) is 5.32 Å². The van der Waals surface area contributed by atoms with Crippen molar-refractivity contribution >= 4 is 11.9 Å². The summed E-state index contributed by atoms with van der Waals surface area (Å²) in [5.41, 5.74) is 1.30. The van der Waals surface area contributed by atoms with E-state index in [0.717, 1.165) is 42.6 Å². The Hall–Kier alpha value is -2.04. The number of methoxy groups -OCH3 is 1. The molecule has 2 fully saturated rings. The molecule has 1 aromatic carbocycles. The van der Waals surface area contributed by atoms with Gasteiger partial charge < -0.3 is 10.1 Å². The number of urea groups is 1. The van der Waals surface area contributed by atoms with E-state index in [0.29, 0.717) is 6.54 Å². The molecule has 1 aliphatic heterocycles. The van der Waals surface area contributed by atoms with Crippen molar-refractivity contribution in [1.29, 1.82) is 0 Å². The van der Waals surface area contributed by atoms with Crippen LogP contribution in [0.2, 0.25) is 0 Å². The van der Waals surface area contributed by atoms with Crippen LogP contribution in [0.15, 0.2) is 18.2 Å². The number of amides is 3. The van der Waals surface area contributed by atoms with Crippen LogP contribution in [0.1, 0.15) is 36.8 Å². The highest BCUT2D eigenvalue weighted by atomic mass is 16.5. The van der Waals surface area contributed by atoms with Gasteiger partial charge >= 0.3 is 6.03 Å². The number of aryl methyl sites for hydroxylation is 1. The third kappa shape index (κ3) is 2.26. The molecule has 1 spiro atoms. The highest BCUT2D eigenvalue weighted by molar-refractivity contribution is 6.07. The number of rotatable bonds is 3. The Morgan fingerprint density at radius 3 is 2.67 bits per heavy atom. The molecule has 1 aliphatic carbocycles. The molecule has 0 bridgehead atoms. The molecule has 0 atom stereocenters. The number of carbonyl (C=O) groups is 2. The Bertz CT molecular complexity index is 591. The molecule has 112 valence electrons. The fourth-order valence-electron chi connectivity index (χ4n) is 3.28. The van der Waals surface area contributed by atoms with Gasteiger partial charge in [0, 0.05) is 0 Å². The van der Waals surface area contributed by atoms with Crippen LogP contribution in [0.4, 0.5) is 4.79 Å². The van der Waals surface area contributed by atoms with Gasteiger partial charge in [-0.15, -0.1) is 0 Å². The number of carbonyl (C=O) groups excluding carboxylic acids is 2. The van der Waals surface area contributed by atoms with E-state index in [-0.39, 0.29) is 11.9 Å². The summed E-state index contributed by atoms with van der Waals surface area (Å²) in [7, 11) is 1.62. The lowest BCUT2D eigenvalue weighted by atomic mass is 9.98. The SMILES string of the molecule is COc1cc(CN2C(=O)NC3(CCCC3)C2=O)ccc1C. The highest BCUT2D eigenvalue weighted by Crippen LogP contribution is 2.35. The van der Waals surface area contributed by atoms with Gasteiger partial charge in [0.15, 0.2) is 0 Å². The zero-order valence-electron chi connectivity index (χ0n) is 12.4. The van der Waals surface area contributed by atoms with Gasteiger partial charge in [0.25, 0.3) is 5.91 Å². The Labute approximate surface area is 124 Å². The summed E-state index contributed by atoms with van der Waals surface area (Å²) >= 11 is 0. The molecule has 1 aromatic rings. The second kappa shape index (κ2) is 5.06. The van der Waals surface area contributed by atoms with Gasteiger partial charge in [0.1, 0.15) is 11.3 Å². The van der Waals surface area contributed by atoms with Gasteiger partial charge in [0.05, 0.1) is 13.7 Å². The van der Waals surface area contributed by atoms with Crippen molar-refractivity contribution in [2.24, 2.45) is 0 Å². The molecule has 1 N–H and O–H groups in total. The standard InChI is InChI=1S/C16H20N2O3/c1-11-5-6-12(9-13(11)21-2)10-18-14(19)16(17-15(18)20)7-3-4-8-16/h5-6,9H,3-4,7-8,10H2,1-2H3,(H,17,20). The second-order valence-electron chi connectivity index (χ2n) is 5.91. The minimum atomic E-state index is -0.633. The third-order valence-corrected chi connectivity index (χ3v) is 4.52. The largest absolute Gasteiger partial charge is 0.496 e. The average Bonchev–Trinajstić information content (AvgIpc) is 3.02. The summed E-state index contributed by atoms with van der Waals surface area (Å²) in [6.07, 6.45) is 3.51. The number of benzene rings is 1. The summed E-state index contributed by atoms with van der Waals surface area (Å²) in [4.78, 5) is 26.0. The molecule has 5 heteroatoms. The lowest BCUT2D eigenvalue weighted by Crippen LogP contribution is -2.44. The van der Waals surface area contributed by atoms with Crippen molar-refractivity contribution in [2.75, 3.05) is 7.11 Å². The van der Waals surface area contributed by atoms with Gasteiger partial charge in [-0.2, -0.15) is 0 Å². The van der Waals surface area contributed by atoms with Gasteiger partial charge in [-0.05, 0) is 37.0 Å². The van der Waals surface area contributed by atoms with Crippen LogP contribution in [-0.4, -0.2) is 29.5 Å². The van der Waals surface area contributed by atoms with Gasteiger partial charge in [-0.3, -0.25) is 9.69 Å². The normalized spacial score (nSPS) is 20.2. The lowest BCUT2D eigenvalue weighted by molar-refractivity contribution is -0.131. The molecule has 0 radical (unpaired) electrons. The third-order valence-electron chi connectivity index (χ3n) is 4.52. The molecular formula is C16H20N2O3. The summed E-state index contributed by atoms with van der Waals surface area (Å²) in [6.45, 7) is 2.26. The van der Waals surface area contributed by atoms with Crippen LogP contribution >= 0.6 is 0 Å². The number of hydrogen-bond donors (Lipinski definition) is 1. The van der Waals surface area contributed by atoms with Crippen molar-refractivity contribution in [2.45, 2.75) is 44.7 Å². The van der Waals surface area contributed by atoms with Gasteiger partial charge in [-0.1, -0.05) is 25.0 Å². The molecule has 1 saturated heterocycles. The van der Waals surface area contributed by atoms with E-state index in [9.17, 15) is 9.59 Å². The molecule has 0 aromatic heterocycles. The molecule has 1 saturated carbocycles. The predicted molar refractivity (Wildman–Crippen MR) is 78.0 cm³/mol. The second-order valence-corrected chi connectivity index (χ2v) is 5.91. The molecule has 3 rings (SSSR count). The first-order valence-electron chi connectivity index (χ1n) is 7.33. The monoisotopic (exact) mass is 288 g/mol. The van der Waals surface area contributed by atoms with E-state index in [4.69, 9.17) is 4.74 Å². The van der Waals surface area contributed by atoms with Crippen molar-refractivity contribution in [3.8, 4) is 5.75 Å². The fourth-order valence-corrected chi connectivity index (χ4v) is 3.28. The highest BCUT2D eigenvalue weighted by Gasteiger charge is 2.52. The summed E-state index contributed by atoms with van der Waals surface area (Å²) in [5, 5.41) is 2.90. The van der Waals surface area contributed by atoms with E-state index < -0.39 is 5.54 Å². The Morgan fingerprint density at radius 1 is 1.29 bits per heavy atom. The minimum absolute atomic E-state index is 0.0791. The van der Waals surface area contributed by atoms with Crippen LogP contribution in [0.25, 0.3) is 0 Å². The minimum Gasteiger partial charge on any atom is -0.496 e. The Balaban J connectivity index is 1.81. The molecule has 21 heavy (non-hydrogen) atoms. The summed E-state index contributed by atoms with van der Waals surface area (Å²) < 4.78 is 5.29. The zero-order valence-corrected chi connectivity index (χ0v) is 12.4. The van der Waals surface area contributed by atoms with Crippen molar-refractivity contribution in [3.63, 3.8) is 0 Å². The maximum absolute atomic E-state index is 12.6. The maximum atomic E-state index is 12.6. The fraction of sp³-hybridized carbons (Fsp3) is 0.500. The first kappa shape index (κ1) is 13.9. The van der Waals surface area contributed by atoms with E-state index in [1.807, 2.05) is 25.1 Å².